The molecule has 0 aromatic heterocycles. The molecular formula is C11H13N3O. The number of carbonyl (C=O) groups is 1. The van der Waals surface area contributed by atoms with Crippen LogP contribution in [0.25, 0.3) is 0 Å². The highest BCUT2D eigenvalue weighted by molar-refractivity contribution is 5.77. The molecule has 78 valence electrons. The van der Waals surface area contributed by atoms with E-state index in [4.69, 9.17) is 5.26 Å². The third-order valence-electron chi connectivity index (χ3n) is 1.91. The summed E-state index contributed by atoms with van der Waals surface area (Å²) in [6.45, 7) is 0.808. The number of nitrogens with zero attached hydrogens (tertiary/aromatic N) is 1. The van der Waals surface area contributed by atoms with Gasteiger partial charge in [-0.05, 0) is 24.7 Å². The standard InChI is InChI=1S/C11H13N3O/c1-13-8-11(15)14-7-10-4-2-9(6-12)3-5-10/h2-5,13H,7-8H2,1H3,(H,14,15). The van der Waals surface area contributed by atoms with Crippen molar-refractivity contribution in [3.63, 3.8) is 0 Å². The van der Waals surface area contributed by atoms with Crippen LogP contribution in [0.1, 0.15) is 11.1 Å². The van der Waals surface area contributed by atoms with Gasteiger partial charge in [0.15, 0.2) is 0 Å². The summed E-state index contributed by atoms with van der Waals surface area (Å²) in [6.07, 6.45) is 0. The second-order valence-corrected chi connectivity index (χ2v) is 3.12. The Hall–Kier alpha value is -1.86. The normalized spacial score (nSPS) is 9.33. The molecule has 4 heteroatoms. The highest BCUT2D eigenvalue weighted by atomic mass is 16.1. The molecule has 0 radical (unpaired) electrons. The molecular weight excluding hydrogens is 190 g/mol. The summed E-state index contributed by atoms with van der Waals surface area (Å²) in [7, 11) is 1.72. The molecule has 1 aromatic carbocycles. The fraction of sp³-hybridized carbons (Fsp3) is 0.273. The maximum atomic E-state index is 11.1. The Morgan fingerprint density at radius 2 is 2.07 bits per heavy atom. The molecule has 0 spiro atoms. The fourth-order valence-electron chi connectivity index (χ4n) is 1.12. The topological polar surface area (TPSA) is 64.9 Å². The summed E-state index contributed by atoms with van der Waals surface area (Å²) < 4.78 is 0. The van der Waals surface area contributed by atoms with E-state index in [0.29, 0.717) is 18.7 Å². The highest BCUT2D eigenvalue weighted by Crippen LogP contribution is 2.02. The molecule has 0 unspecified atom stereocenters. The van der Waals surface area contributed by atoms with E-state index in [1.54, 1.807) is 19.2 Å². The summed E-state index contributed by atoms with van der Waals surface area (Å²) in [5, 5.41) is 14.1. The highest BCUT2D eigenvalue weighted by Gasteiger charge is 1.98. The molecule has 0 heterocycles. The van der Waals surface area contributed by atoms with Crippen molar-refractivity contribution >= 4 is 5.91 Å². The lowest BCUT2D eigenvalue weighted by Crippen LogP contribution is -2.31. The monoisotopic (exact) mass is 203 g/mol. The number of nitrogens with one attached hydrogen (secondary N) is 2. The second-order valence-electron chi connectivity index (χ2n) is 3.12. The lowest BCUT2D eigenvalue weighted by molar-refractivity contribution is -0.120. The average Bonchev–Trinajstić information content (AvgIpc) is 2.27. The van der Waals surface area contributed by atoms with E-state index < -0.39 is 0 Å². The van der Waals surface area contributed by atoms with E-state index in [1.165, 1.54) is 0 Å². The molecule has 0 aliphatic heterocycles. The predicted molar refractivity (Wildman–Crippen MR) is 56.9 cm³/mol. The van der Waals surface area contributed by atoms with E-state index in [2.05, 4.69) is 10.6 Å². The van der Waals surface area contributed by atoms with Gasteiger partial charge in [0.25, 0.3) is 0 Å². The zero-order valence-electron chi connectivity index (χ0n) is 8.58. The first-order valence-corrected chi connectivity index (χ1v) is 4.66. The molecule has 4 nitrogen and oxygen atoms in total. The molecule has 1 rings (SSSR count). The van der Waals surface area contributed by atoms with Gasteiger partial charge in [-0.3, -0.25) is 4.79 Å². The van der Waals surface area contributed by atoms with Crippen LogP contribution in [0, 0.1) is 11.3 Å². The molecule has 0 saturated carbocycles. The Morgan fingerprint density at radius 3 is 2.60 bits per heavy atom. The number of carbonyl (C=O) groups excluding carboxylic acids is 1. The summed E-state index contributed by atoms with van der Waals surface area (Å²) in [4.78, 5) is 11.1. The molecule has 0 aliphatic rings. The number of likely N-dealkylation sites (N-methyl/N-ethyl adjacent to an activating group) is 1. The molecule has 1 amide bonds. The lowest BCUT2D eigenvalue weighted by Gasteiger charge is -2.04. The van der Waals surface area contributed by atoms with E-state index >= 15 is 0 Å². The Balaban J connectivity index is 2.45. The number of hydrogen-bond acceptors (Lipinski definition) is 3. The van der Waals surface area contributed by atoms with Crippen molar-refractivity contribution < 1.29 is 4.79 Å². The first kappa shape index (κ1) is 11.2. The average molecular weight is 203 g/mol. The minimum Gasteiger partial charge on any atom is -0.351 e. The van der Waals surface area contributed by atoms with Crippen molar-refractivity contribution in [3.05, 3.63) is 35.4 Å². The Bertz CT molecular complexity index is 364. The van der Waals surface area contributed by atoms with Crippen molar-refractivity contribution in [2.75, 3.05) is 13.6 Å². The first-order chi connectivity index (χ1) is 7.26. The minimum atomic E-state index is -0.0399. The van der Waals surface area contributed by atoms with Crippen molar-refractivity contribution in [3.8, 4) is 6.07 Å². The Kier molecular flexibility index (Phi) is 4.32. The number of rotatable bonds is 4. The van der Waals surface area contributed by atoms with Gasteiger partial charge in [0.05, 0.1) is 18.2 Å². The van der Waals surface area contributed by atoms with E-state index in [1.807, 2.05) is 18.2 Å². The van der Waals surface area contributed by atoms with Crippen molar-refractivity contribution in [1.29, 1.82) is 5.26 Å². The van der Waals surface area contributed by atoms with Gasteiger partial charge in [-0.15, -0.1) is 0 Å². The minimum absolute atomic E-state index is 0.0399. The number of hydrogen-bond donors (Lipinski definition) is 2. The summed E-state index contributed by atoms with van der Waals surface area (Å²) in [5.41, 5.74) is 1.61. The van der Waals surface area contributed by atoms with E-state index in [0.717, 1.165) is 5.56 Å². The quantitative estimate of drug-likeness (QED) is 0.744. The Morgan fingerprint density at radius 1 is 1.40 bits per heavy atom. The van der Waals surface area contributed by atoms with Gasteiger partial charge < -0.3 is 10.6 Å². The SMILES string of the molecule is CNCC(=O)NCc1ccc(C#N)cc1. The van der Waals surface area contributed by atoms with Gasteiger partial charge in [0, 0.05) is 6.54 Å². The molecule has 0 bridgehead atoms. The maximum absolute atomic E-state index is 11.1. The molecule has 0 saturated heterocycles. The van der Waals surface area contributed by atoms with Crippen LogP contribution in [-0.4, -0.2) is 19.5 Å². The maximum Gasteiger partial charge on any atom is 0.234 e. The van der Waals surface area contributed by atoms with Crippen molar-refractivity contribution in [1.82, 2.24) is 10.6 Å². The molecule has 0 atom stereocenters. The largest absolute Gasteiger partial charge is 0.351 e. The molecule has 0 aliphatic carbocycles. The van der Waals surface area contributed by atoms with Crippen LogP contribution >= 0.6 is 0 Å². The van der Waals surface area contributed by atoms with Crippen molar-refractivity contribution in [2.45, 2.75) is 6.54 Å². The third-order valence-corrected chi connectivity index (χ3v) is 1.91. The second kappa shape index (κ2) is 5.78. The number of benzene rings is 1. The molecule has 0 fully saturated rings. The number of nitriles is 1. The molecule has 15 heavy (non-hydrogen) atoms. The van der Waals surface area contributed by atoms with Gasteiger partial charge in [-0.2, -0.15) is 5.26 Å². The van der Waals surface area contributed by atoms with Crippen LogP contribution in [-0.2, 0) is 11.3 Å². The van der Waals surface area contributed by atoms with Crippen LogP contribution in [0.4, 0.5) is 0 Å². The summed E-state index contributed by atoms with van der Waals surface area (Å²) >= 11 is 0. The zero-order chi connectivity index (χ0) is 11.1. The predicted octanol–water partition coefficient (Wildman–Crippen LogP) is 0.394. The fourth-order valence-corrected chi connectivity index (χ4v) is 1.12. The van der Waals surface area contributed by atoms with E-state index in [-0.39, 0.29) is 5.91 Å². The zero-order valence-corrected chi connectivity index (χ0v) is 8.58. The Labute approximate surface area is 88.9 Å². The van der Waals surface area contributed by atoms with Gasteiger partial charge in [-0.1, -0.05) is 12.1 Å². The van der Waals surface area contributed by atoms with E-state index in [9.17, 15) is 4.79 Å². The van der Waals surface area contributed by atoms with Gasteiger partial charge in [-0.25, -0.2) is 0 Å². The van der Waals surface area contributed by atoms with Crippen LogP contribution in [0.2, 0.25) is 0 Å². The smallest absolute Gasteiger partial charge is 0.234 e. The lowest BCUT2D eigenvalue weighted by atomic mass is 10.1. The third kappa shape index (κ3) is 3.79. The van der Waals surface area contributed by atoms with Gasteiger partial charge in [0.1, 0.15) is 0 Å². The number of amides is 1. The molecule has 2 N–H and O–H groups in total. The van der Waals surface area contributed by atoms with Crippen LogP contribution < -0.4 is 10.6 Å². The van der Waals surface area contributed by atoms with Crippen molar-refractivity contribution in [2.24, 2.45) is 0 Å². The van der Waals surface area contributed by atoms with Crippen LogP contribution in [0.3, 0.4) is 0 Å². The first-order valence-electron chi connectivity index (χ1n) is 4.66. The van der Waals surface area contributed by atoms with Crippen LogP contribution in [0.15, 0.2) is 24.3 Å². The summed E-state index contributed by atoms with van der Waals surface area (Å²) in [5.74, 6) is -0.0399. The molecule has 1 aromatic rings. The summed E-state index contributed by atoms with van der Waals surface area (Å²) in [6, 6.07) is 9.18. The van der Waals surface area contributed by atoms with Crippen LogP contribution in [0.5, 0.6) is 0 Å². The van der Waals surface area contributed by atoms with Gasteiger partial charge >= 0.3 is 0 Å². The van der Waals surface area contributed by atoms with Gasteiger partial charge in [0.2, 0.25) is 5.91 Å².